The number of hydrogen-bond acceptors (Lipinski definition) is 4. The number of furan rings is 1. The normalized spacial score (nSPS) is 12.9. The minimum Gasteiger partial charge on any atom is -0.469 e. The lowest BCUT2D eigenvalue weighted by atomic mass is 10.1. The van der Waals surface area contributed by atoms with Crippen LogP contribution in [-0.2, 0) is 11.2 Å². The van der Waals surface area contributed by atoms with Crippen LogP contribution in [0.4, 0.5) is 0 Å². The quantitative estimate of drug-likeness (QED) is 0.389. The van der Waals surface area contributed by atoms with Crippen LogP contribution in [0.2, 0.25) is 0 Å². The lowest BCUT2D eigenvalue weighted by molar-refractivity contribution is 0.140. The Bertz CT molecular complexity index is 237. The predicted octanol–water partition coefficient (Wildman–Crippen LogP) is 1.47. The van der Waals surface area contributed by atoms with E-state index in [1.807, 2.05) is 19.1 Å². The van der Waals surface area contributed by atoms with Gasteiger partial charge < -0.3 is 9.15 Å². The summed E-state index contributed by atoms with van der Waals surface area (Å²) in [7, 11) is 0. The molecular weight excluding hydrogens is 192 g/mol. The second-order valence-corrected chi connectivity index (χ2v) is 3.49. The fourth-order valence-corrected chi connectivity index (χ4v) is 1.49. The zero-order chi connectivity index (χ0) is 10.9. The SMILES string of the molecule is CCOCCCC(Cc1ccco1)NN. The van der Waals surface area contributed by atoms with Crippen molar-refractivity contribution >= 4 is 0 Å². The molecule has 0 aliphatic carbocycles. The molecule has 1 aromatic rings. The Kier molecular flexibility index (Phi) is 6.08. The highest BCUT2D eigenvalue weighted by Gasteiger charge is 2.08. The van der Waals surface area contributed by atoms with Crippen LogP contribution in [-0.4, -0.2) is 19.3 Å². The van der Waals surface area contributed by atoms with Crippen LogP contribution in [0.1, 0.15) is 25.5 Å². The zero-order valence-electron chi connectivity index (χ0n) is 9.24. The first kappa shape index (κ1) is 12.2. The van der Waals surface area contributed by atoms with Crippen molar-refractivity contribution in [2.45, 2.75) is 32.2 Å². The van der Waals surface area contributed by atoms with Gasteiger partial charge in [-0.15, -0.1) is 0 Å². The van der Waals surface area contributed by atoms with E-state index in [-0.39, 0.29) is 6.04 Å². The molecule has 3 N–H and O–H groups in total. The summed E-state index contributed by atoms with van der Waals surface area (Å²) >= 11 is 0. The molecule has 0 saturated carbocycles. The van der Waals surface area contributed by atoms with E-state index in [1.165, 1.54) is 0 Å². The first-order valence-electron chi connectivity index (χ1n) is 5.43. The molecule has 0 aromatic carbocycles. The highest BCUT2D eigenvalue weighted by Crippen LogP contribution is 2.07. The molecule has 1 atom stereocenters. The Hall–Kier alpha value is -0.840. The second-order valence-electron chi connectivity index (χ2n) is 3.49. The largest absolute Gasteiger partial charge is 0.469 e. The molecule has 0 bridgehead atoms. The maximum atomic E-state index is 5.47. The molecule has 0 amide bonds. The van der Waals surface area contributed by atoms with Gasteiger partial charge in [-0.25, -0.2) is 0 Å². The van der Waals surface area contributed by atoms with E-state index in [1.54, 1.807) is 6.26 Å². The molecule has 0 saturated heterocycles. The van der Waals surface area contributed by atoms with Crippen LogP contribution in [0.3, 0.4) is 0 Å². The molecule has 0 fully saturated rings. The Morgan fingerprint density at radius 1 is 1.60 bits per heavy atom. The van der Waals surface area contributed by atoms with Gasteiger partial charge in [0.2, 0.25) is 0 Å². The molecule has 0 aliphatic rings. The van der Waals surface area contributed by atoms with Crippen molar-refractivity contribution in [1.29, 1.82) is 0 Å². The average Bonchev–Trinajstić information content (AvgIpc) is 2.75. The van der Waals surface area contributed by atoms with Gasteiger partial charge in [-0.3, -0.25) is 11.3 Å². The van der Waals surface area contributed by atoms with E-state index < -0.39 is 0 Å². The van der Waals surface area contributed by atoms with Crippen molar-refractivity contribution in [1.82, 2.24) is 5.43 Å². The van der Waals surface area contributed by atoms with Crippen LogP contribution in [0, 0.1) is 0 Å². The maximum absolute atomic E-state index is 5.47. The van der Waals surface area contributed by atoms with Crippen molar-refractivity contribution in [2.24, 2.45) is 5.84 Å². The van der Waals surface area contributed by atoms with Crippen LogP contribution >= 0.6 is 0 Å². The van der Waals surface area contributed by atoms with Crippen LogP contribution in [0.25, 0.3) is 0 Å². The summed E-state index contributed by atoms with van der Waals surface area (Å²) in [6.07, 6.45) is 4.53. The van der Waals surface area contributed by atoms with E-state index in [4.69, 9.17) is 15.0 Å². The molecule has 4 nitrogen and oxygen atoms in total. The van der Waals surface area contributed by atoms with E-state index >= 15 is 0 Å². The molecular formula is C11H20N2O2. The molecule has 4 heteroatoms. The molecule has 1 heterocycles. The summed E-state index contributed by atoms with van der Waals surface area (Å²) in [5, 5.41) is 0. The Morgan fingerprint density at radius 3 is 3.07 bits per heavy atom. The number of nitrogens with one attached hydrogen (secondary N) is 1. The van der Waals surface area contributed by atoms with E-state index in [0.717, 1.165) is 38.2 Å². The predicted molar refractivity (Wildman–Crippen MR) is 59.3 cm³/mol. The Morgan fingerprint density at radius 2 is 2.47 bits per heavy atom. The first-order valence-corrected chi connectivity index (χ1v) is 5.43. The summed E-state index contributed by atoms with van der Waals surface area (Å²) in [5.74, 6) is 6.44. The maximum Gasteiger partial charge on any atom is 0.105 e. The fourth-order valence-electron chi connectivity index (χ4n) is 1.49. The van der Waals surface area contributed by atoms with Crippen molar-refractivity contribution in [3.63, 3.8) is 0 Å². The average molecular weight is 212 g/mol. The monoisotopic (exact) mass is 212 g/mol. The van der Waals surface area contributed by atoms with E-state index in [9.17, 15) is 0 Å². The topological polar surface area (TPSA) is 60.4 Å². The third kappa shape index (κ3) is 4.97. The lowest BCUT2D eigenvalue weighted by Gasteiger charge is -2.14. The van der Waals surface area contributed by atoms with Crippen molar-refractivity contribution < 1.29 is 9.15 Å². The molecule has 0 spiro atoms. The molecule has 0 radical (unpaired) electrons. The fraction of sp³-hybridized carbons (Fsp3) is 0.636. The molecule has 0 aliphatic heterocycles. The number of rotatable bonds is 8. The van der Waals surface area contributed by atoms with Crippen molar-refractivity contribution in [2.75, 3.05) is 13.2 Å². The minimum absolute atomic E-state index is 0.261. The third-order valence-electron chi connectivity index (χ3n) is 2.31. The van der Waals surface area contributed by atoms with Gasteiger partial charge in [0.15, 0.2) is 0 Å². The molecule has 1 rings (SSSR count). The number of hydrazine groups is 1. The Balaban J connectivity index is 2.18. The number of nitrogens with two attached hydrogens (primary N) is 1. The summed E-state index contributed by atoms with van der Waals surface area (Å²) in [5.41, 5.74) is 2.80. The molecule has 1 aromatic heterocycles. The first-order chi connectivity index (χ1) is 7.36. The van der Waals surface area contributed by atoms with Gasteiger partial charge in [0.25, 0.3) is 0 Å². The number of hydrogen-bond donors (Lipinski definition) is 2. The van der Waals surface area contributed by atoms with E-state index in [0.29, 0.717) is 0 Å². The Labute approximate surface area is 90.8 Å². The molecule has 86 valence electrons. The van der Waals surface area contributed by atoms with Crippen LogP contribution in [0.15, 0.2) is 22.8 Å². The smallest absolute Gasteiger partial charge is 0.105 e. The highest BCUT2D eigenvalue weighted by atomic mass is 16.5. The van der Waals surface area contributed by atoms with Crippen molar-refractivity contribution in [3.8, 4) is 0 Å². The van der Waals surface area contributed by atoms with Crippen LogP contribution < -0.4 is 11.3 Å². The van der Waals surface area contributed by atoms with Gasteiger partial charge in [-0.05, 0) is 31.9 Å². The lowest BCUT2D eigenvalue weighted by Crippen LogP contribution is -2.36. The summed E-state index contributed by atoms with van der Waals surface area (Å²) in [6.45, 7) is 3.58. The summed E-state index contributed by atoms with van der Waals surface area (Å²) in [6, 6.07) is 4.12. The third-order valence-corrected chi connectivity index (χ3v) is 2.31. The summed E-state index contributed by atoms with van der Waals surface area (Å²) < 4.78 is 10.5. The van der Waals surface area contributed by atoms with E-state index in [2.05, 4.69) is 5.43 Å². The highest BCUT2D eigenvalue weighted by molar-refractivity contribution is 5.00. The van der Waals surface area contributed by atoms with Gasteiger partial charge >= 0.3 is 0 Å². The van der Waals surface area contributed by atoms with Gasteiger partial charge in [0.05, 0.1) is 6.26 Å². The molecule has 1 unspecified atom stereocenters. The van der Waals surface area contributed by atoms with Gasteiger partial charge in [-0.1, -0.05) is 0 Å². The zero-order valence-corrected chi connectivity index (χ0v) is 9.24. The van der Waals surface area contributed by atoms with Crippen molar-refractivity contribution in [3.05, 3.63) is 24.2 Å². The van der Waals surface area contributed by atoms with Gasteiger partial charge in [-0.2, -0.15) is 0 Å². The van der Waals surface area contributed by atoms with Gasteiger partial charge in [0, 0.05) is 25.7 Å². The van der Waals surface area contributed by atoms with Gasteiger partial charge in [0.1, 0.15) is 5.76 Å². The van der Waals surface area contributed by atoms with Crippen LogP contribution in [0.5, 0.6) is 0 Å². The second kappa shape index (κ2) is 7.45. The minimum atomic E-state index is 0.261. The summed E-state index contributed by atoms with van der Waals surface area (Å²) in [4.78, 5) is 0. The standard InChI is InChI=1S/C11H20N2O2/c1-2-14-7-3-5-10(13-12)9-11-6-4-8-15-11/h4,6,8,10,13H,2-3,5,7,9,12H2,1H3. The number of ether oxygens (including phenoxy) is 1. The molecule has 15 heavy (non-hydrogen) atoms.